The molecular formula is C10H10N2OS2. The van der Waals surface area contributed by atoms with Crippen molar-refractivity contribution < 1.29 is 4.79 Å². The summed E-state index contributed by atoms with van der Waals surface area (Å²) in [7, 11) is 0. The Bertz CT molecular complexity index is 513. The van der Waals surface area contributed by atoms with Gasteiger partial charge in [-0.05, 0) is 13.8 Å². The van der Waals surface area contributed by atoms with Crippen molar-refractivity contribution in [2.24, 2.45) is 0 Å². The number of ketones is 1. The van der Waals surface area contributed by atoms with Gasteiger partial charge in [0, 0.05) is 17.2 Å². The van der Waals surface area contributed by atoms with Crippen molar-refractivity contribution in [3.05, 3.63) is 20.3 Å². The van der Waals surface area contributed by atoms with E-state index in [-0.39, 0.29) is 5.78 Å². The molecule has 0 saturated carbocycles. The Balaban J connectivity index is 2.45. The summed E-state index contributed by atoms with van der Waals surface area (Å²) >= 11 is 3.02. The van der Waals surface area contributed by atoms with Gasteiger partial charge in [0.05, 0.1) is 5.01 Å². The lowest BCUT2D eigenvalue weighted by Crippen LogP contribution is -1.90. The van der Waals surface area contributed by atoms with Gasteiger partial charge in [-0.1, -0.05) is 0 Å². The lowest BCUT2D eigenvalue weighted by Gasteiger charge is -1.90. The van der Waals surface area contributed by atoms with Crippen LogP contribution >= 0.6 is 22.7 Å². The third-order valence-electron chi connectivity index (χ3n) is 1.95. The molecule has 0 aliphatic carbocycles. The second-order valence-electron chi connectivity index (χ2n) is 3.23. The lowest BCUT2D eigenvalue weighted by atomic mass is 10.3. The van der Waals surface area contributed by atoms with Gasteiger partial charge in [0.1, 0.15) is 11.4 Å². The van der Waals surface area contributed by atoms with Crippen LogP contribution < -0.4 is 0 Å². The van der Waals surface area contributed by atoms with Crippen LogP contribution in [-0.2, 0) is 0 Å². The molecule has 0 atom stereocenters. The van der Waals surface area contributed by atoms with E-state index >= 15 is 0 Å². The summed E-state index contributed by atoms with van der Waals surface area (Å²) < 4.78 is 0. The summed E-state index contributed by atoms with van der Waals surface area (Å²) in [4.78, 5) is 20.9. The van der Waals surface area contributed by atoms with Crippen molar-refractivity contribution in [2.45, 2.75) is 20.8 Å². The molecule has 0 aliphatic heterocycles. The van der Waals surface area contributed by atoms with Crippen LogP contribution in [-0.4, -0.2) is 15.8 Å². The summed E-state index contributed by atoms with van der Waals surface area (Å²) in [5.41, 5.74) is 1.72. The van der Waals surface area contributed by atoms with Crippen LogP contribution in [0, 0.1) is 13.8 Å². The molecule has 3 nitrogen and oxygen atoms in total. The highest BCUT2D eigenvalue weighted by atomic mass is 32.1. The minimum Gasteiger partial charge on any atom is -0.292 e. The van der Waals surface area contributed by atoms with Gasteiger partial charge in [-0.25, -0.2) is 9.97 Å². The smallest absolute Gasteiger partial charge is 0.188 e. The number of hydrogen-bond acceptors (Lipinski definition) is 5. The maximum absolute atomic E-state index is 11.1. The maximum Gasteiger partial charge on any atom is 0.188 e. The number of aromatic nitrogens is 2. The molecule has 0 saturated heterocycles. The number of carbonyl (C=O) groups is 1. The highest BCUT2D eigenvalue weighted by Gasteiger charge is 2.12. The van der Waals surface area contributed by atoms with Crippen LogP contribution in [0.15, 0.2) is 5.38 Å². The highest BCUT2D eigenvalue weighted by Crippen LogP contribution is 2.28. The molecule has 5 heteroatoms. The normalized spacial score (nSPS) is 10.6. The molecule has 15 heavy (non-hydrogen) atoms. The molecule has 0 N–H and O–H groups in total. The van der Waals surface area contributed by atoms with Crippen LogP contribution in [0.4, 0.5) is 0 Å². The first-order valence-corrected chi connectivity index (χ1v) is 6.18. The monoisotopic (exact) mass is 238 g/mol. The summed E-state index contributed by atoms with van der Waals surface area (Å²) in [5.74, 6) is 0.0101. The average molecular weight is 238 g/mol. The second-order valence-corrected chi connectivity index (χ2v) is 5.50. The summed E-state index contributed by atoms with van der Waals surface area (Å²) in [6.45, 7) is 5.52. The van der Waals surface area contributed by atoms with Gasteiger partial charge in [-0.3, -0.25) is 4.79 Å². The van der Waals surface area contributed by atoms with Crippen molar-refractivity contribution >= 4 is 28.5 Å². The number of carbonyl (C=O) groups excluding carboxylic acids is 1. The zero-order valence-corrected chi connectivity index (χ0v) is 10.3. The average Bonchev–Trinajstić information content (AvgIpc) is 2.71. The first kappa shape index (κ1) is 10.4. The largest absolute Gasteiger partial charge is 0.292 e. The van der Waals surface area contributed by atoms with Gasteiger partial charge in [0.15, 0.2) is 10.8 Å². The summed E-state index contributed by atoms with van der Waals surface area (Å²) in [5, 5.41) is 3.47. The summed E-state index contributed by atoms with van der Waals surface area (Å²) in [6, 6.07) is 0. The van der Waals surface area contributed by atoms with Crippen molar-refractivity contribution in [2.75, 3.05) is 0 Å². The minimum atomic E-state index is 0.0101. The fraction of sp³-hybridized carbons (Fsp3) is 0.300. The molecule has 0 aromatic carbocycles. The predicted molar refractivity (Wildman–Crippen MR) is 62.7 cm³/mol. The molecule has 0 fully saturated rings. The Morgan fingerprint density at radius 1 is 1.33 bits per heavy atom. The van der Waals surface area contributed by atoms with Crippen molar-refractivity contribution in [1.29, 1.82) is 0 Å². The number of thiazole rings is 2. The van der Waals surface area contributed by atoms with E-state index in [1.807, 2.05) is 19.2 Å². The molecule has 0 radical (unpaired) electrons. The Kier molecular flexibility index (Phi) is 2.67. The van der Waals surface area contributed by atoms with Crippen molar-refractivity contribution in [1.82, 2.24) is 9.97 Å². The first-order valence-electron chi connectivity index (χ1n) is 4.49. The van der Waals surface area contributed by atoms with Crippen molar-refractivity contribution in [3.8, 4) is 11.4 Å². The van der Waals surface area contributed by atoms with E-state index < -0.39 is 0 Å². The molecule has 0 bridgehead atoms. The Hall–Kier alpha value is -1.07. The Morgan fingerprint density at radius 3 is 2.53 bits per heavy atom. The SMILES string of the molecule is CC(=O)c1nc(-c2nc(C)sc2C)cs1. The number of hydrogen-bond donors (Lipinski definition) is 0. The quantitative estimate of drug-likeness (QED) is 0.755. The molecule has 0 amide bonds. The molecule has 0 unspecified atom stereocenters. The molecule has 2 heterocycles. The molecule has 0 spiro atoms. The molecule has 2 aromatic heterocycles. The van der Waals surface area contributed by atoms with Gasteiger partial charge >= 0.3 is 0 Å². The fourth-order valence-corrected chi connectivity index (χ4v) is 2.84. The van der Waals surface area contributed by atoms with Crippen LogP contribution in [0.3, 0.4) is 0 Å². The summed E-state index contributed by atoms with van der Waals surface area (Å²) in [6.07, 6.45) is 0. The molecule has 2 rings (SSSR count). The maximum atomic E-state index is 11.1. The van der Waals surface area contributed by atoms with Crippen molar-refractivity contribution in [3.63, 3.8) is 0 Å². The van der Waals surface area contributed by atoms with Crippen LogP contribution in [0.2, 0.25) is 0 Å². The number of Topliss-reactive ketones (excluding diaryl/α,β-unsaturated/α-hetero) is 1. The van der Waals surface area contributed by atoms with E-state index in [1.54, 1.807) is 11.3 Å². The highest BCUT2D eigenvalue weighted by molar-refractivity contribution is 7.12. The minimum absolute atomic E-state index is 0.0101. The van der Waals surface area contributed by atoms with Gasteiger partial charge in [-0.15, -0.1) is 22.7 Å². The van der Waals surface area contributed by atoms with Gasteiger partial charge in [0.2, 0.25) is 0 Å². The van der Waals surface area contributed by atoms with Gasteiger partial charge in [0.25, 0.3) is 0 Å². The number of aryl methyl sites for hydroxylation is 2. The predicted octanol–water partition coefficient (Wildman–Crippen LogP) is 3.09. The van der Waals surface area contributed by atoms with E-state index in [4.69, 9.17) is 0 Å². The third-order valence-corrected chi connectivity index (χ3v) is 3.78. The fourth-order valence-electron chi connectivity index (χ4n) is 1.31. The van der Waals surface area contributed by atoms with E-state index in [9.17, 15) is 4.79 Å². The molecule has 2 aromatic rings. The third kappa shape index (κ3) is 1.98. The standard InChI is InChI=1S/C10H10N2OS2/c1-5(13)10-12-8(4-14-10)9-6(2)15-7(3)11-9/h4H,1-3H3. The number of rotatable bonds is 2. The Morgan fingerprint density at radius 2 is 2.07 bits per heavy atom. The molecule has 0 aliphatic rings. The van der Waals surface area contributed by atoms with Crippen LogP contribution in [0.1, 0.15) is 26.6 Å². The first-order chi connectivity index (χ1) is 7.08. The zero-order chi connectivity index (χ0) is 11.0. The second kappa shape index (κ2) is 3.83. The topological polar surface area (TPSA) is 42.9 Å². The molecule has 78 valence electrons. The van der Waals surface area contributed by atoms with E-state index in [0.717, 1.165) is 21.3 Å². The number of nitrogens with zero attached hydrogens (tertiary/aromatic N) is 2. The van der Waals surface area contributed by atoms with E-state index in [1.165, 1.54) is 18.3 Å². The lowest BCUT2D eigenvalue weighted by molar-refractivity contribution is 0.101. The molecular weight excluding hydrogens is 228 g/mol. The zero-order valence-electron chi connectivity index (χ0n) is 8.70. The van der Waals surface area contributed by atoms with Gasteiger partial charge < -0.3 is 0 Å². The van der Waals surface area contributed by atoms with Crippen LogP contribution in [0.25, 0.3) is 11.4 Å². The van der Waals surface area contributed by atoms with Gasteiger partial charge in [-0.2, -0.15) is 0 Å². The van der Waals surface area contributed by atoms with Crippen LogP contribution in [0.5, 0.6) is 0 Å². The van der Waals surface area contributed by atoms with E-state index in [0.29, 0.717) is 5.01 Å². The Labute approximate surface area is 95.8 Å². The van der Waals surface area contributed by atoms with E-state index in [2.05, 4.69) is 9.97 Å².